The summed E-state index contributed by atoms with van der Waals surface area (Å²) in [5.41, 5.74) is 0. The molecule has 0 aromatic carbocycles. The predicted octanol–water partition coefficient (Wildman–Crippen LogP) is 0.0559. The van der Waals surface area contributed by atoms with Gasteiger partial charge in [-0.15, -0.1) is 0 Å². The number of rotatable bonds is 2. The quantitative estimate of drug-likeness (QED) is 0.770. The first-order chi connectivity index (χ1) is 10.3. The van der Waals surface area contributed by atoms with E-state index < -0.39 is 0 Å². The van der Waals surface area contributed by atoms with Gasteiger partial charge in [0.25, 0.3) is 5.91 Å². The Morgan fingerprint density at radius 3 is 3.14 bits per heavy atom. The maximum Gasteiger partial charge on any atom is 0.266 e. The third-order valence-corrected chi connectivity index (χ3v) is 3.53. The minimum Gasteiger partial charge on any atom is -0.480 e. The highest BCUT2D eigenvalue weighted by atomic mass is 16.5. The second-order valence-electron chi connectivity index (χ2n) is 4.94. The van der Waals surface area contributed by atoms with Crippen LogP contribution < -0.4 is 9.64 Å². The Kier molecular flexibility index (Phi) is 4.01. The van der Waals surface area contributed by atoms with Gasteiger partial charge in [0, 0.05) is 25.9 Å². The number of hydrogen-bond donors (Lipinski definition) is 0. The number of hydrogen-bond acceptors (Lipinski definition) is 5. The number of fused-ring (bicyclic) bond motifs is 1. The van der Waals surface area contributed by atoms with Crippen molar-refractivity contribution in [2.75, 3.05) is 44.4 Å². The molecule has 3 heterocycles. The summed E-state index contributed by atoms with van der Waals surface area (Å²) in [5, 5.41) is 0. The van der Waals surface area contributed by atoms with Crippen molar-refractivity contribution in [2.24, 2.45) is 0 Å². The first kappa shape index (κ1) is 13.8. The zero-order chi connectivity index (χ0) is 14.7. The summed E-state index contributed by atoms with van der Waals surface area (Å²) in [6.45, 7) is 2.36. The smallest absolute Gasteiger partial charge is 0.266 e. The zero-order valence-electron chi connectivity index (χ0n) is 11.7. The van der Waals surface area contributed by atoms with Crippen LogP contribution in [0.25, 0.3) is 0 Å². The fourth-order valence-corrected chi connectivity index (χ4v) is 2.43. The molecule has 1 saturated heterocycles. The van der Waals surface area contributed by atoms with Gasteiger partial charge in [-0.3, -0.25) is 14.5 Å². The van der Waals surface area contributed by atoms with Crippen LogP contribution in [0.2, 0.25) is 0 Å². The molecule has 0 atom stereocenters. The number of nitrogens with zero attached hydrogens (tertiary/aromatic N) is 3. The van der Waals surface area contributed by atoms with E-state index in [1.54, 1.807) is 23.2 Å². The van der Waals surface area contributed by atoms with Crippen molar-refractivity contribution in [3.05, 3.63) is 18.3 Å². The second kappa shape index (κ2) is 6.09. The Hall–Kier alpha value is -2.15. The highest BCUT2D eigenvalue weighted by Gasteiger charge is 2.30. The maximum absolute atomic E-state index is 12.4. The normalized spacial score (nSPS) is 18.8. The number of carbonyl (C=O) groups excluding carboxylic acids is 2. The number of carbonyl (C=O) groups is 2. The summed E-state index contributed by atoms with van der Waals surface area (Å²) in [6.07, 6.45) is 2.40. The van der Waals surface area contributed by atoms with Crippen LogP contribution in [0.1, 0.15) is 6.42 Å². The predicted molar refractivity (Wildman–Crippen MR) is 74.1 cm³/mol. The lowest BCUT2D eigenvalue weighted by molar-refractivity contribution is -0.132. The molecule has 112 valence electrons. The van der Waals surface area contributed by atoms with Gasteiger partial charge < -0.3 is 14.4 Å². The summed E-state index contributed by atoms with van der Waals surface area (Å²) in [4.78, 5) is 31.7. The zero-order valence-corrected chi connectivity index (χ0v) is 11.7. The number of amides is 2. The van der Waals surface area contributed by atoms with Crippen LogP contribution in [0.5, 0.6) is 5.75 Å². The molecule has 0 saturated carbocycles. The molecule has 3 rings (SSSR count). The number of aromatic nitrogens is 1. The van der Waals surface area contributed by atoms with Gasteiger partial charge in [0.2, 0.25) is 5.91 Å². The lowest BCUT2D eigenvalue weighted by Gasteiger charge is -2.29. The van der Waals surface area contributed by atoms with Crippen molar-refractivity contribution in [2.45, 2.75) is 6.42 Å². The van der Waals surface area contributed by atoms with Crippen LogP contribution in [0.3, 0.4) is 0 Å². The van der Waals surface area contributed by atoms with Crippen LogP contribution in [0, 0.1) is 0 Å². The first-order valence-electron chi connectivity index (χ1n) is 6.99. The lowest BCUT2D eigenvalue weighted by Crippen LogP contribution is -2.47. The van der Waals surface area contributed by atoms with Gasteiger partial charge in [-0.25, -0.2) is 4.98 Å². The van der Waals surface area contributed by atoms with Crippen LogP contribution in [0.4, 0.5) is 5.82 Å². The van der Waals surface area contributed by atoms with Gasteiger partial charge in [0.15, 0.2) is 18.2 Å². The van der Waals surface area contributed by atoms with E-state index in [1.165, 1.54) is 4.90 Å². The van der Waals surface area contributed by atoms with Crippen molar-refractivity contribution < 1.29 is 19.1 Å². The minimum atomic E-state index is -0.249. The standard InChI is InChI=1S/C14H17N3O4/c18-12(16-5-2-7-20-8-6-16)9-17-13(19)10-21-11-3-1-4-15-14(11)17/h1,3-4H,2,5-10H2. The molecule has 0 bridgehead atoms. The average molecular weight is 291 g/mol. The van der Waals surface area contributed by atoms with E-state index >= 15 is 0 Å². The van der Waals surface area contributed by atoms with Crippen LogP contribution >= 0.6 is 0 Å². The van der Waals surface area contributed by atoms with E-state index in [1.807, 2.05) is 0 Å². The Morgan fingerprint density at radius 1 is 1.33 bits per heavy atom. The molecule has 2 amide bonds. The van der Waals surface area contributed by atoms with Crippen molar-refractivity contribution in [1.82, 2.24) is 9.88 Å². The number of ether oxygens (including phenoxy) is 2. The monoisotopic (exact) mass is 291 g/mol. The number of pyridine rings is 1. The summed E-state index contributed by atoms with van der Waals surface area (Å²) >= 11 is 0. The molecular weight excluding hydrogens is 274 g/mol. The van der Waals surface area contributed by atoms with Gasteiger partial charge >= 0.3 is 0 Å². The van der Waals surface area contributed by atoms with Crippen LogP contribution in [-0.4, -0.2) is 61.2 Å². The highest BCUT2D eigenvalue weighted by molar-refractivity contribution is 6.01. The molecule has 21 heavy (non-hydrogen) atoms. The highest BCUT2D eigenvalue weighted by Crippen LogP contribution is 2.28. The SMILES string of the molecule is O=C(CN1C(=O)COc2cccnc21)N1CCCOCC1. The first-order valence-corrected chi connectivity index (χ1v) is 6.99. The Labute approximate surface area is 122 Å². The fourth-order valence-electron chi connectivity index (χ4n) is 2.43. The summed E-state index contributed by atoms with van der Waals surface area (Å²) in [5.74, 6) is 0.602. The van der Waals surface area contributed by atoms with Crippen molar-refractivity contribution in [3.8, 4) is 5.75 Å². The molecular formula is C14H17N3O4. The van der Waals surface area contributed by atoms with E-state index in [9.17, 15) is 9.59 Å². The molecule has 2 aliphatic heterocycles. The van der Waals surface area contributed by atoms with Crippen LogP contribution in [-0.2, 0) is 14.3 Å². The van der Waals surface area contributed by atoms with Gasteiger partial charge in [-0.05, 0) is 18.6 Å². The summed E-state index contributed by atoms with van der Waals surface area (Å²) in [7, 11) is 0. The third kappa shape index (κ3) is 2.97. The Balaban J connectivity index is 1.74. The van der Waals surface area contributed by atoms with E-state index in [0.29, 0.717) is 37.9 Å². The van der Waals surface area contributed by atoms with Crippen molar-refractivity contribution >= 4 is 17.6 Å². The molecule has 1 aromatic rings. The molecule has 0 N–H and O–H groups in total. The maximum atomic E-state index is 12.4. The third-order valence-electron chi connectivity index (χ3n) is 3.53. The van der Waals surface area contributed by atoms with Crippen molar-refractivity contribution in [3.63, 3.8) is 0 Å². The van der Waals surface area contributed by atoms with Crippen LogP contribution in [0.15, 0.2) is 18.3 Å². The van der Waals surface area contributed by atoms with E-state index in [-0.39, 0.29) is 25.0 Å². The second-order valence-corrected chi connectivity index (χ2v) is 4.94. The molecule has 7 nitrogen and oxygen atoms in total. The fraction of sp³-hybridized carbons (Fsp3) is 0.500. The number of anilines is 1. The summed E-state index contributed by atoms with van der Waals surface area (Å²) < 4.78 is 10.6. The van der Waals surface area contributed by atoms with E-state index in [4.69, 9.17) is 9.47 Å². The molecule has 0 radical (unpaired) electrons. The topological polar surface area (TPSA) is 72.0 Å². The molecule has 1 fully saturated rings. The van der Waals surface area contributed by atoms with Crippen molar-refractivity contribution in [1.29, 1.82) is 0 Å². The Morgan fingerprint density at radius 2 is 2.24 bits per heavy atom. The lowest BCUT2D eigenvalue weighted by atomic mass is 10.3. The average Bonchev–Trinajstić information content (AvgIpc) is 2.79. The van der Waals surface area contributed by atoms with E-state index in [2.05, 4.69) is 4.98 Å². The molecule has 0 aliphatic carbocycles. The summed E-state index contributed by atoms with van der Waals surface area (Å²) in [6, 6.07) is 3.48. The van der Waals surface area contributed by atoms with Gasteiger partial charge in [0.1, 0.15) is 6.54 Å². The van der Waals surface area contributed by atoms with Gasteiger partial charge in [-0.2, -0.15) is 0 Å². The molecule has 0 spiro atoms. The van der Waals surface area contributed by atoms with Gasteiger partial charge in [-0.1, -0.05) is 0 Å². The Bertz CT molecular complexity index is 541. The molecule has 1 aromatic heterocycles. The molecule has 0 unspecified atom stereocenters. The van der Waals surface area contributed by atoms with E-state index in [0.717, 1.165) is 6.42 Å². The minimum absolute atomic E-state index is 0.00773. The van der Waals surface area contributed by atoms with Gasteiger partial charge in [0.05, 0.1) is 6.61 Å². The molecule has 2 aliphatic rings. The molecule has 7 heteroatoms. The largest absolute Gasteiger partial charge is 0.480 e.